The number of hydrogen-bond donors (Lipinski definition) is 1. The number of fused-ring (bicyclic) bond motifs is 1. The van der Waals surface area contributed by atoms with Gasteiger partial charge < -0.3 is 10.2 Å². The minimum absolute atomic E-state index is 0.0500. The summed E-state index contributed by atoms with van der Waals surface area (Å²) in [5.41, 5.74) is 1.74. The number of amides is 2. The van der Waals surface area contributed by atoms with Crippen molar-refractivity contribution in [1.29, 1.82) is 0 Å². The number of nitrogens with one attached hydrogen (secondary N) is 1. The third-order valence-electron chi connectivity index (χ3n) is 5.72. The fourth-order valence-corrected chi connectivity index (χ4v) is 4.12. The average Bonchev–Trinajstić information content (AvgIpc) is 2.78. The van der Waals surface area contributed by atoms with Crippen LogP contribution in [0.15, 0.2) is 66.7 Å². The molecule has 4 rings (SSSR count). The maximum absolute atomic E-state index is 13.3. The molecule has 4 nitrogen and oxygen atoms in total. The van der Waals surface area contributed by atoms with Crippen molar-refractivity contribution in [2.24, 2.45) is 5.92 Å². The number of rotatable bonds is 5. The van der Waals surface area contributed by atoms with Gasteiger partial charge in [0.15, 0.2) is 0 Å². The van der Waals surface area contributed by atoms with Crippen LogP contribution in [0.2, 0.25) is 0 Å². The van der Waals surface area contributed by atoms with Crippen LogP contribution in [0.4, 0.5) is 4.39 Å². The fourth-order valence-electron chi connectivity index (χ4n) is 4.12. The summed E-state index contributed by atoms with van der Waals surface area (Å²) >= 11 is 0. The van der Waals surface area contributed by atoms with Gasteiger partial charge in [-0.25, -0.2) is 4.39 Å². The van der Waals surface area contributed by atoms with Crippen molar-refractivity contribution >= 4 is 22.6 Å². The summed E-state index contributed by atoms with van der Waals surface area (Å²) in [6, 6.07) is 20.3. The van der Waals surface area contributed by atoms with Crippen LogP contribution in [0.1, 0.15) is 24.0 Å². The summed E-state index contributed by atoms with van der Waals surface area (Å²) < 4.78 is 13.3. The molecule has 3 aromatic carbocycles. The van der Waals surface area contributed by atoms with Gasteiger partial charge in [-0.3, -0.25) is 9.59 Å². The number of nitrogens with zero attached hydrogens (tertiary/aromatic N) is 1. The van der Waals surface area contributed by atoms with E-state index >= 15 is 0 Å². The lowest BCUT2D eigenvalue weighted by molar-refractivity contribution is -0.135. The molecule has 5 heteroatoms. The smallest absolute Gasteiger partial charge is 0.227 e. The lowest BCUT2D eigenvalue weighted by Crippen LogP contribution is -2.45. The zero-order valence-corrected chi connectivity index (χ0v) is 16.8. The van der Waals surface area contributed by atoms with Gasteiger partial charge in [-0.2, -0.15) is 0 Å². The molecule has 1 aliphatic heterocycles. The number of carbonyl (C=O) groups is 2. The van der Waals surface area contributed by atoms with Crippen molar-refractivity contribution in [2.75, 3.05) is 13.1 Å². The Morgan fingerprint density at radius 1 is 1.03 bits per heavy atom. The minimum atomic E-state index is -0.315. The molecule has 1 unspecified atom stereocenters. The molecular weight excluding hydrogens is 379 g/mol. The molecule has 0 aliphatic carbocycles. The highest BCUT2D eigenvalue weighted by atomic mass is 19.1. The first kappa shape index (κ1) is 20.1. The van der Waals surface area contributed by atoms with Gasteiger partial charge in [-0.1, -0.05) is 54.6 Å². The second-order valence-corrected chi connectivity index (χ2v) is 7.84. The van der Waals surface area contributed by atoms with Gasteiger partial charge in [-0.05, 0) is 46.9 Å². The van der Waals surface area contributed by atoms with Crippen LogP contribution in [-0.2, 0) is 22.6 Å². The fraction of sp³-hybridized carbons (Fsp3) is 0.280. The van der Waals surface area contributed by atoms with Crippen LogP contribution in [0, 0.1) is 11.7 Å². The van der Waals surface area contributed by atoms with E-state index in [4.69, 9.17) is 0 Å². The van der Waals surface area contributed by atoms with E-state index < -0.39 is 0 Å². The van der Waals surface area contributed by atoms with Gasteiger partial charge in [0, 0.05) is 19.6 Å². The SMILES string of the molecule is O=C(NCc1cccc(F)c1)C1CCCN(C(=O)Cc2cccc3ccccc23)C1. The zero-order valence-electron chi connectivity index (χ0n) is 16.8. The standard InChI is InChI=1S/C25H25FN2O2/c26-22-11-3-6-18(14-22)16-27-25(30)21-10-5-13-28(17-21)24(29)15-20-9-4-8-19-7-1-2-12-23(19)20/h1-4,6-9,11-12,14,21H,5,10,13,15-17H2,(H,27,30). The molecule has 2 amide bonds. The van der Waals surface area contributed by atoms with Gasteiger partial charge in [0.2, 0.25) is 11.8 Å². The van der Waals surface area contributed by atoms with E-state index in [-0.39, 0.29) is 30.1 Å². The molecule has 0 radical (unpaired) electrons. The Morgan fingerprint density at radius 2 is 1.83 bits per heavy atom. The van der Waals surface area contributed by atoms with Crippen LogP contribution in [-0.4, -0.2) is 29.8 Å². The Morgan fingerprint density at radius 3 is 2.70 bits per heavy atom. The van der Waals surface area contributed by atoms with Gasteiger partial charge in [0.25, 0.3) is 0 Å². The summed E-state index contributed by atoms with van der Waals surface area (Å²) in [5.74, 6) is -0.579. The molecule has 1 fully saturated rings. The Hall–Kier alpha value is -3.21. The van der Waals surface area contributed by atoms with Crippen molar-refractivity contribution in [1.82, 2.24) is 10.2 Å². The Labute approximate surface area is 175 Å². The molecular formula is C25H25FN2O2. The Balaban J connectivity index is 1.37. The van der Waals surface area contributed by atoms with Crippen molar-refractivity contribution in [2.45, 2.75) is 25.8 Å². The van der Waals surface area contributed by atoms with E-state index in [1.807, 2.05) is 42.5 Å². The summed E-state index contributed by atoms with van der Waals surface area (Å²) in [6.07, 6.45) is 1.89. The molecule has 154 valence electrons. The van der Waals surface area contributed by atoms with Crippen LogP contribution < -0.4 is 5.32 Å². The van der Waals surface area contributed by atoms with Crippen molar-refractivity contribution < 1.29 is 14.0 Å². The van der Waals surface area contributed by atoms with Crippen molar-refractivity contribution in [3.05, 3.63) is 83.7 Å². The van der Waals surface area contributed by atoms with E-state index in [2.05, 4.69) is 5.32 Å². The van der Waals surface area contributed by atoms with E-state index in [1.54, 1.807) is 17.0 Å². The highest BCUT2D eigenvalue weighted by molar-refractivity contribution is 5.90. The Bertz CT molecular complexity index is 1060. The zero-order chi connectivity index (χ0) is 20.9. The maximum Gasteiger partial charge on any atom is 0.227 e. The van der Waals surface area contributed by atoms with Crippen molar-refractivity contribution in [3.8, 4) is 0 Å². The molecule has 1 N–H and O–H groups in total. The molecule has 0 spiro atoms. The third kappa shape index (κ3) is 4.67. The van der Waals surface area contributed by atoms with E-state index in [1.165, 1.54) is 12.1 Å². The summed E-state index contributed by atoms with van der Waals surface area (Å²) in [6.45, 7) is 1.40. The first-order valence-corrected chi connectivity index (χ1v) is 10.4. The molecule has 3 aromatic rings. The number of piperidine rings is 1. The van der Waals surface area contributed by atoms with Gasteiger partial charge >= 0.3 is 0 Å². The van der Waals surface area contributed by atoms with E-state index in [0.717, 1.165) is 34.7 Å². The van der Waals surface area contributed by atoms with E-state index in [9.17, 15) is 14.0 Å². The normalized spacial score (nSPS) is 16.4. The lowest BCUT2D eigenvalue weighted by Gasteiger charge is -2.32. The Kier molecular flexibility index (Phi) is 6.07. The van der Waals surface area contributed by atoms with Crippen molar-refractivity contribution in [3.63, 3.8) is 0 Å². The first-order valence-electron chi connectivity index (χ1n) is 10.4. The number of likely N-dealkylation sites (tertiary alicyclic amines) is 1. The van der Waals surface area contributed by atoms with Gasteiger partial charge in [-0.15, -0.1) is 0 Å². The quantitative estimate of drug-likeness (QED) is 0.697. The molecule has 1 aliphatic rings. The average molecular weight is 404 g/mol. The number of halogens is 1. The monoisotopic (exact) mass is 404 g/mol. The van der Waals surface area contributed by atoms with Crippen LogP contribution in [0.3, 0.4) is 0 Å². The molecule has 30 heavy (non-hydrogen) atoms. The first-order chi connectivity index (χ1) is 14.6. The molecule has 0 saturated carbocycles. The molecule has 0 aromatic heterocycles. The topological polar surface area (TPSA) is 49.4 Å². The molecule has 1 atom stereocenters. The second-order valence-electron chi connectivity index (χ2n) is 7.84. The largest absolute Gasteiger partial charge is 0.352 e. The molecule has 0 bridgehead atoms. The highest BCUT2D eigenvalue weighted by Crippen LogP contribution is 2.22. The predicted molar refractivity (Wildman–Crippen MR) is 115 cm³/mol. The lowest BCUT2D eigenvalue weighted by atomic mass is 9.95. The number of benzene rings is 3. The number of carbonyl (C=O) groups excluding carboxylic acids is 2. The van der Waals surface area contributed by atoms with Gasteiger partial charge in [0.1, 0.15) is 5.82 Å². The predicted octanol–water partition coefficient (Wildman–Crippen LogP) is 4.08. The third-order valence-corrected chi connectivity index (χ3v) is 5.72. The maximum atomic E-state index is 13.3. The summed E-state index contributed by atoms with van der Waals surface area (Å²) in [7, 11) is 0. The van der Waals surface area contributed by atoms with Crippen LogP contribution in [0.25, 0.3) is 10.8 Å². The minimum Gasteiger partial charge on any atom is -0.352 e. The molecule has 1 saturated heterocycles. The summed E-state index contributed by atoms with van der Waals surface area (Å²) in [4.78, 5) is 27.4. The second kappa shape index (κ2) is 9.08. The number of hydrogen-bond acceptors (Lipinski definition) is 2. The van der Waals surface area contributed by atoms with Crippen LogP contribution >= 0.6 is 0 Å². The van der Waals surface area contributed by atoms with Crippen LogP contribution in [0.5, 0.6) is 0 Å². The summed E-state index contributed by atoms with van der Waals surface area (Å²) in [5, 5.41) is 5.10. The van der Waals surface area contributed by atoms with E-state index in [0.29, 0.717) is 19.5 Å². The van der Waals surface area contributed by atoms with Gasteiger partial charge in [0.05, 0.1) is 12.3 Å². The highest BCUT2D eigenvalue weighted by Gasteiger charge is 2.28. The molecule has 1 heterocycles.